The molecule has 3 rings (SSSR count). The van der Waals surface area contributed by atoms with Gasteiger partial charge in [0.25, 0.3) is 0 Å². The number of aliphatic carboxylic acids is 1. The maximum absolute atomic E-state index is 14.6. The van der Waals surface area contributed by atoms with Crippen LogP contribution in [0.25, 0.3) is 0 Å². The van der Waals surface area contributed by atoms with Gasteiger partial charge in [-0.2, -0.15) is 13.8 Å². The molecule has 0 saturated carbocycles. The highest BCUT2D eigenvalue weighted by molar-refractivity contribution is 7.57. The smallest absolute Gasteiger partial charge is 0.480 e. The number of hydrogen-bond acceptors (Lipinski definition) is 12. The van der Waals surface area contributed by atoms with Gasteiger partial charge in [0.1, 0.15) is 42.8 Å². The monoisotopic (exact) mass is 634 g/mol. The van der Waals surface area contributed by atoms with Crippen LogP contribution in [0.3, 0.4) is 0 Å². The van der Waals surface area contributed by atoms with Crippen molar-refractivity contribution < 1.29 is 56.6 Å². The highest BCUT2D eigenvalue weighted by Gasteiger charge is 2.60. The van der Waals surface area contributed by atoms with Gasteiger partial charge in [0.2, 0.25) is 6.23 Å². The minimum atomic E-state index is -3.92. The average Bonchev–Trinajstić information content (AvgIpc) is 3.14. The van der Waals surface area contributed by atoms with Gasteiger partial charge in [-0.1, -0.05) is 26.0 Å². The van der Waals surface area contributed by atoms with E-state index in [0.717, 1.165) is 12.3 Å². The van der Waals surface area contributed by atoms with Crippen LogP contribution in [0.1, 0.15) is 32.6 Å². The van der Waals surface area contributed by atoms with E-state index in [1.54, 1.807) is 13.8 Å². The SMILES string of the molecule is COCP(=O)(NC(C)(C(=O)O)C(C)C)Oc1ccc(COC(=O)OC[C@H]2O[C@@H](n3ccc(N)nc3=O)C(F)(F)[C@@H]2O)cc1. The molecule has 2 aromatic rings. The Hall–Kier alpha value is -3.63. The summed E-state index contributed by atoms with van der Waals surface area (Å²) in [6.07, 6.45) is -7.06. The molecule has 2 heterocycles. The summed E-state index contributed by atoms with van der Waals surface area (Å²) < 4.78 is 68.5. The molecule has 0 radical (unpaired) electrons. The summed E-state index contributed by atoms with van der Waals surface area (Å²) in [5, 5.41) is 22.3. The van der Waals surface area contributed by atoms with Crippen molar-refractivity contribution in [1.29, 1.82) is 0 Å². The zero-order valence-electron chi connectivity index (χ0n) is 23.6. The number of nitrogens with zero attached hydrogens (tertiary/aromatic N) is 2. The van der Waals surface area contributed by atoms with E-state index in [-0.39, 0.29) is 18.2 Å². The Bertz CT molecular complexity index is 1410. The van der Waals surface area contributed by atoms with Gasteiger partial charge < -0.3 is 39.4 Å². The molecule has 0 aliphatic carbocycles. The van der Waals surface area contributed by atoms with Gasteiger partial charge in [-0.25, -0.2) is 14.7 Å². The largest absolute Gasteiger partial charge is 0.508 e. The number of halogens is 2. The fourth-order valence-corrected chi connectivity index (χ4v) is 5.92. The van der Waals surface area contributed by atoms with Crippen LogP contribution >= 0.6 is 7.52 Å². The topological polar surface area (TPSA) is 211 Å². The molecule has 0 bridgehead atoms. The van der Waals surface area contributed by atoms with Crippen LogP contribution in [0.5, 0.6) is 5.75 Å². The first-order valence-electron chi connectivity index (χ1n) is 12.8. The number of rotatable bonds is 13. The van der Waals surface area contributed by atoms with Gasteiger partial charge in [-0.15, -0.1) is 0 Å². The molecular formula is C25H33F2N4O11P. The number of ether oxygens (including phenoxy) is 4. The summed E-state index contributed by atoms with van der Waals surface area (Å²) in [6.45, 7) is 3.54. The molecule has 18 heteroatoms. The summed E-state index contributed by atoms with van der Waals surface area (Å²) in [4.78, 5) is 39.2. The second-order valence-corrected chi connectivity index (χ2v) is 12.1. The Labute approximate surface area is 244 Å². The van der Waals surface area contributed by atoms with Crippen molar-refractivity contribution >= 4 is 25.5 Å². The minimum Gasteiger partial charge on any atom is -0.480 e. The predicted molar refractivity (Wildman–Crippen MR) is 144 cm³/mol. The molecule has 1 aromatic carbocycles. The first kappa shape index (κ1) is 33.9. The van der Waals surface area contributed by atoms with E-state index in [1.165, 1.54) is 38.3 Å². The second-order valence-electron chi connectivity index (χ2n) is 10.1. The Morgan fingerprint density at radius 1 is 1.26 bits per heavy atom. The number of hydrogen-bond donors (Lipinski definition) is 4. The number of alkyl halides is 2. The zero-order chi connectivity index (χ0) is 32.2. The van der Waals surface area contributed by atoms with E-state index in [0.29, 0.717) is 10.1 Å². The molecule has 1 aromatic heterocycles. The lowest BCUT2D eigenvalue weighted by Crippen LogP contribution is -2.52. The van der Waals surface area contributed by atoms with Gasteiger partial charge >= 0.3 is 31.3 Å². The number of aliphatic hydroxyl groups is 1. The Balaban J connectivity index is 1.56. The van der Waals surface area contributed by atoms with Crippen molar-refractivity contribution in [3.63, 3.8) is 0 Å². The number of carbonyl (C=O) groups excluding carboxylic acids is 1. The summed E-state index contributed by atoms with van der Waals surface area (Å²) in [5.74, 6) is -5.69. The first-order valence-corrected chi connectivity index (χ1v) is 14.6. The normalized spacial score (nSPS) is 22.4. The Kier molecular flexibility index (Phi) is 10.5. The summed E-state index contributed by atoms with van der Waals surface area (Å²) in [6, 6.07) is 6.84. The molecular weight excluding hydrogens is 601 g/mol. The maximum Gasteiger partial charge on any atom is 0.508 e. The van der Waals surface area contributed by atoms with Crippen molar-refractivity contribution in [2.24, 2.45) is 5.92 Å². The number of nitrogen functional groups attached to an aromatic ring is 1. The third-order valence-corrected chi connectivity index (χ3v) is 8.59. The Morgan fingerprint density at radius 3 is 2.47 bits per heavy atom. The molecule has 5 N–H and O–H groups in total. The number of benzene rings is 1. The van der Waals surface area contributed by atoms with Gasteiger partial charge in [0, 0.05) is 13.3 Å². The van der Waals surface area contributed by atoms with E-state index >= 15 is 0 Å². The van der Waals surface area contributed by atoms with Crippen LogP contribution in [0.2, 0.25) is 0 Å². The van der Waals surface area contributed by atoms with E-state index < -0.39 is 74.1 Å². The number of aromatic nitrogens is 2. The molecule has 0 spiro atoms. The number of aliphatic hydroxyl groups excluding tert-OH is 1. The highest BCUT2D eigenvalue weighted by atomic mass is 31.2. The third kappa shape index (κ3) is 7.86. The highest BCUT2D eigenvalue weighted by Crippen LogP contribution is 2.46. The fourth-order valence-electron chi connectivity index (χ4n) is 3.89. The van der Waals surface area contributed by atoms with Crippen molar-refractivity contribution in [2.45, 2.75) is 57.3 Å². The van der Waals surface area contributed by atoms with Crippen molar-refractivity contribution in [3.8, 4) is 5.75 Å². The molecule has 15 nitrogen and oxygen atoms in total. The third-order valence-electron chi connectivity index (χ3n) is 6.68. The van der Waals surface area contributed by atoms with Crippen LogP contribution < -0.4 is 21.0 Å². The standard InChI is InChI=1S/C25H33F2N4O11P/c1-14(2)24(3,21(33)34)30-43(37,13-38-4)42-16-7-5-15(6-8-16)11-39-23(36)40-12-17-19(32)25(26,27)20(41-17)31-10-9-18(28)29-22(31)35/h5-10,14,17,19-20,32H,11-13H2,1-4H3,(H,30,37)(H,33,34)(H2,28,29,35)/t17-,19-,20-,24?,43?/m1/s1. The van der Waals surface area contributed by atoms with Crippen molar-refractivity contribution in [3.05, 3.63) is 52.6 Å². The molecule has 1 aliphatic heterocycles. The van der Waals surface area contributed by atoms with Crippen LogP contribution in [-0.2, 0) is 34.9 Å². The van der Waals surface area contributed by atoms with Gasteiger partial charge in [-0.3, -0.25) is 13.9 Å². The molecule has 5 atom stereocenters. The molecule has 1 fully saturated rings. The molecule has 43 heavy (non-hydrogen) atoms. The fraction of sp³-hybridized carbons (Fsp3) is 0.520. The molecule has 238 valence electrons. The van der Waals surface area contributed by atoms with Gasteiger partial charge in [0.05, 0.1) is 0 Å². The summed E-state index contributed by atoms with van der Waals surface area (Å²) in [5.41, 5.74) is 3.09. The van der Waals surface area contributed by atoms with Crippen LogP contribution in [0.15, 0.2) is 41.3 Å². The number of carbonyl (C=O) groups is 2. The first-order chi connectivity index (χ1) is 20.0. The molecule has 1 aliphatic rings. The van der Waals surface area contributed by atoms with E-state index in [1.807, 2.05) is 0 Å². The molecule has 0 amide bonds. The number of carboxylic acid groups (broad SMARTS) is 1. The number of anilines is 1. The number of nitrogens with one attached hydrogen (secondary N) is 1. The van der Waals surface area contributed by atoms with Gasteiger partial charge in [0.15, 0.2) is 6.10 Å². The lowest BCUT2D eigenvalue weighted by molar-refractivity contribution is -0.145. The van der Waals surface area contributed by atoms with Gasteiger partial charge in [-0.05, 0) is 36.6 Å². The van der Waals surface area contributed by atoms with Crippen molar-refractivity contribution in [1.82, 2.24) is 14.6 Å². The van der Waals surface area contributed by atoms with E-state index in [2.05, 4.69) is 10.1 Å². The number of carboxylic acids is 1. The average molecular weight is 635 g/mol. The van der Waals surface area contributed by atoms with Crippen LogP contribution in [0, 0.1) is 5.92 Å². The number of nitrogens with two attached hydrogens (primary N) is 1. The van der Waals surface area contributed by atoms with E-state index in [4.69, 9.17) is 29.2 Å². The number of methoxy groups -OCH3 is 1. The predicted octanol–water partition coefficient (Wildman–Crippen LogP) is 2.34. The quantitative estimate of drug-likeness (QED) is 0.184. The lowest BCUT2D eigenvalue weighted by atomic mass is 9.90. The van der Waals surface area contributed by atoms with Crippen LogP contribution in [-0.4, -0.2) is 75.6 Å². The molecule has 2 unspecified atom stereocenters. The van der Waals surface area contributed by atoms with Crippen molar-refractivity contribution in [2.75, 3.05) is 25.8 Å². The van der Waals surface area contributed by atoms with Crippen LogP contribution in [0.4, 0.5) is 19.4 Å². The Morgan fingerprint density at radius 2 is 1.91 bits per heavy atom. The summed E-state index contributed by atoms with van der Waals surface area (Å²) >= 11 is 0. The summed E-state index contributed by atoms with van der Waals surface area (Å²) in [7, 11) is -2.57. The molecule has 1 saturated heterocycles. The lowest BCUT2D eigenvalue weighted by Gasteiger charge is -2.34. The zero-order valence-corrected chi connectivity index (χ0v) is 24.5. The minimum absolute atomic E-state index is 0.106. The second kappa shape index (κ2) is 13.3. The van der Waals surface area contributed by atoms with E-state index in [9.17, 15) is 37.9 Å². The maximum atomic E-state index is 14.6.